The molecule has 3 aromatic carbocycles. The zero-order valence-electron chi connectivity index (χ0n) is 21.1. The number of nitrogens with zero attached hydrogens (tertiary/aromatic N) is 3. The molecule has 9 heteroatoms. The summed E-state index contributed by atoms with van der Waals surface area (Å²) in [5.74, 6) is 6.67. The van der Waals surface area contributed by atoms with Crippen LogP contribution in [0.25, 0.3) is 10.9 Å². The number of fused-ring (bicyclic) bond motifs is 1. The summed E-state index contributed by atoms with van der Waals surface area (Å²) in [5, 5.41) is 11.9. The van der Waals surface area contributed by atoms with Gasteiger partial charge in [-0.15, -0.1) is 0 Å². The van der Waals surface area contributed by atoms with Crippen molar-refractivity contribution < 1.29 is 14.0 Å². The molecule has 0 saturated carbocycles. The van der Waals surface area contributed by atoms with Crippen LogP contribution in [0, 0.1) is 17.7 Å². The third-order valence-corrected chi connectivity index (χ3v) is 5.70. The Hall–Kier alpha value is -4.19. The number of benzene rings is 3. The molecule has 0 fully saturated rings. The van der Waals surface area contributed by atoms with E-state index in [0.717, 1.165) is 23.0 Å². The van der Waals surface area contributed by atoms with Crippen LogP contribution in [0.15, 0.2) is 72.1 Å². The fourth-order valence-corrected chi connectivity index (χ4v) is 3.83. The summed E-state index contributed by atoms with van der Waals surface area (Å²) < 4.78 is 19.2. The van der Waals surface area contributed by atoms with Crippen molar-refractivity contribution in [1.29, 1.82) is 0 Å². The highest BCUT2D eigenvalue weighted by molar-refractivity contribution is 6.32. The van der Waals surface area contributed by atoms with Crippen LogP contribution >= 0.6 is 11.6 Å². The minimum Gasteiger partial charge on any atom is -0.487 e. The summed E-state index contributed by atoms with van der Waals surface area (Å²) in [6.45, 7) is 5.99. The summed E-state index contributed by atoms with van der Waals surface area (Å²) in [5.41, 5.74) is 3.48. The standard InChI is InChI=1S/C29H27ClFN5O2/c1-3-6-26(36-38-14-13-32-4-2)21-9-11-27-24(16-21)29(34-19-33-27)35-23-10-12-28(25(30)17-23)37-18-20-7-5-8-22(31)15-20/h5,7-12,15-17,19,32H,4,13-14,18H2,1-2H3,(H,33,34,35)/b36-26-. The lowest BCUT2D eigenvalue weighted by Crippen LogP contribution is -2.18. The van der Waals surface area contributed by atoms with Crippen molar-refractivity contribution in [2.45, 2.75) is 20.5 Å². The number of rotatable bonds is 11. The molecule has 194 valence electrons. The Morgan fingerprint density at radius 3 is 2.79 bits per heavy atom. The average molecular weight is 532 g/mol. The Balaban J connectivity index is 1.53. The van der Waals surface area contributed by atoms with Gasteiger partial charge in [0.15, 0.2) is 5.71 Å². The molecule has 0 aliphatic rings. The van der Waals surface area contributed by atoms with Gasteiger partial charge < -0.3 is 20.2 Å². The Bertz CT molecular complexity index is 1500. The van der Waals surface area contributed by atoms with Crippen LogP contribution in [0.5, 0.6) is 5.75 Å². The summed E-state index contributed by atoms with van der Waals surface area (Å²) in [6, 6.07) is 17.3. The first kappa shape index (κ1) is 26.9. The second-order valence-corrected chi connectivity index (χ2v) is 8.55. The van der Waals surface area contributed by atoms with Gasteiger partial charge in [-0.25, -0.2) is 14.4 Å². The fourth-order valence-electron chi connectivity index (χ4n) is 3.59. The van der Waals surface area contributed by atoms with Gasteiger partial charge in [0.25, 0.3) is 0 Å². The van der Waals surface area contributed by atoms with E-state index >= 15 is 0 Å². The first-order valence-corrected chi connectivity index (χ1v) is 12.5. The molecule has 1 heterocycles. The van der Waals surface area contributed by atoms with Gasteiger partial charge in [0.1, 0.15) is 36.9 Å². The van der Waals surface area contributed by atoms with Crippen LogP contribution in [0.1, 0.15) is 25.0 Å². The first-order valence-electron chi connectivity index (χ1n) is 12.1. The van der Waals surface area contributed by atoms with Crippen molar-refractivity contribution in [1.82, 2.24) is 15.3 Å². The Morgan fingerprint density at radius 2 is 2.00 bits per heavy atom. The summed E-state index contributed by atoms with van der Waals surface area (Å²) >= 11 is 6.47. The van der Waals surface area contributed by atoms with Gasteiger partial charge >= 0.3 is 0 Å². The van der Waals surface area contributed by atoms with Gasteiger partial charge in [-0.2, -0.15) is 0 Å². The van der Waals surface area contributed by atoms with Gasteiger partial charge in [-0.3, -0.25) is 0 Å². The average Bonchev–Trinajstić information content (AvgIpc) is 2.92. The number of nitrogens with one attached hydrogen (secondary N) is 2. The number of anilines is 2. The highest BCUT2D eigenvalue weighted by atomic mass is 35.5. The predicted octanol–water partition coefficient (Wildman–Crippen LogP) is 6.10. The van der Waals surface area contributed by atoms with Crippen molar-refractivity contribution in [3.05, 3.63) is 89.0 Å². The highest BCUT2D eigenvalue weighted by Crippen LogP contribution is 2.31. The first-order chi connectivity index (χ1) is 18.6. The zero-order chi connectivity index (χ0) is 26.7. The van der Waals surface area contributed by atoms with E-state index in [0.29, 0.717) is 46.7 Å². The molecule has 1 aromatic heterocycles. The number of hydrogen-bond donors (Lipinski definition) is 2. The lowest BCUT2D eigenvalue weighted by atomic mass is 10.1. The predicted molar refractivity (Wildman–Crippen MR) is 149 cm³/mol. The van der Waals surface area contributed by atoms with Gasteiger partial charge in [-0.05, 0) is 73.5 Å². The summed E-state index contributed by atoms with van der Waals surface area (Å²) in [4.78, 5) is 14.3. The van der Waals surface area contributed by atoms with Crippen LogP contribution in [0.4, 0.5) is 15.9 Å². The minimum atomic E-state index is -0.311. The zero-order valence-corrected chi connectivity index (χ0v) is 21.8. The van der Waals surface area contributed by atoms with Gasteiger partial charge in [-0.1, -0.05) is 41.7 Å². The van der Waals surface area contributed by atoms with Crippen LogP contribution < -0.4 is 15.4 Å². The number of hydrogen-bond acceptors (Lipinski definition) is 7. The monoisotopic (exact) mass is 531 g/mol. The van der Waals surface area contributed by atoms with E-state index in [2.05, 4.69) is 37.6 Å². The maximum Gasteiger partial charge on any atom is 0.159 e. The Labute approximate surface area is 226 Å². The third kappa shape index (κ3) is 7.19. The van der Waals surface area contributed by atoms with E-state index in [1.165, 1.54) is 18.5 Å². The molecule has 4 aromatic rings. The Morgan fingerprint density at radius 1 is 1.11 bits per heavy atom. The molecule has 0 spiro atoms. The molecule has 0 unspecified atom stereocenters. The molecule has 4 rings (SSSR count). The molecule has 0 bridgehead atoms. The molecule has 0 amide bonds. The lowest BCUT2D eigenvalue weighted by Gasteiger charge is -2.12. The van der Waals surface area contributed by atoms with E-state index in [1.54, 1.807) is 31.2 Å². The van der Waals surface area contributed by atoms with Crippen LogP contribution in [0.3, 0.4) is 0 Å². The number of ether oxygens (including phenoxy) is 1. The number of halogens is 2. The van der Waals surface area contributed by atoms with E-state index < -0.39 is 0 Å². The van der Waals surface area contributed by atoms with E-state index in [9.17, 15) is 4.39 Å². The van der Waals surface area contributed by atoms with Crippen molar-refractivity contribution in [3.8, 4) is 17.6 Å². The van der Waals surface area contributed by atoms with Gasteiger partial charge in [0.05, 0.1) is 10.5 Å². The normalized spacial score (nSPS) is 11.1. The summed E-state index contributed by atoms with van der Waals surface area (Å²) in [6.07, 6.45) is 1.49. The topological polar surface area (TPSA) is 80.7 Å². The second-order valence-electron chi connectivity index (χ2n) is 8.14. The molecule has 0 atom stereocenters. The van der Waals surface area contributed by atoms with Crippen molar-refractivity contribution in [2.24, 2.45) is 5.16 Å². The molecule has 0 radical (unpaired) electrons. The maximum absolute atomic E-state index is 13.4. The largest absolute Gasteiger partial charge is 0.487 e. The quantitative estimate of drug-likeness (QED) is 0.105. The molecular formula is C29H27ClFN5O2. The smallest absolute Gasteiger partial charge is 0.159 e. The SMILES string of the molecule is CC#C/C(=N/OCCNCC)c1ccc2ncnc(Nc3ccc(OCc4cccc(F)c4)c(Cl)c3)c2c1. The molecular weight excluding hydrogens is 505 g/mol. The molecule has 0 aliphatic carbocycles. The maximum atomic E-state index is 13.4. The van der Waals surface area contributed by atoms with Crippen molar-refractivity contribution in [3.63, 3.8) is 0 Å². The molecule has 38 heavy (non-hydrogen) atoms. The lowest BCUT2D eigenvalue weighted by molar-refractivity contribution is 0.147. The molecule has 0 aliphatic heterocycles. The number of oxime groups is 1. The number of likely N-dealkylation sites (N-methyl/N-ethyl adjacent to an activating group) is 1. The van der Waals surface area contributed by atoms with Crippen LogP contribution in [0.2, 0.25) is 5.02 Å². The van der Waals surface area contributed by atoms with Crippen LogP contribution in [-0.2, 0) is 11.4 Å². The Kier molecular flexibility index (Phi) is 9.46. The van der Waals surface area contributed by atoms with E-state index in [1.807, 2.05) is 31.2 Å². The molecule has 7 nitrogen and oxygen atoms in total. The fraction of sp³-hybridized carbons (Fsp3) is 0.207. The highest BCUT2D eigenvalue weighted by Gasteiger charge is 2.11. The second kappa shape index (κ2) is 13.4. The van der Waals surface area contributed by atoms with Crippen molar-refractivity contribution in [2.75, 3.05) is 25.0 Å². The van der Waals surface area contributed by atoms with Crippen molar-refractivity contribution >= 4 is 39.7 Å². The molecule has 0 saturated heterocycles. The van der Waals surface area contributed by atoms with E-state index in [4.69, 9.17) is 21.2 Å². The van der Waals surface area contributed by atoms with Gasteiger partial charge in [0, 0.05) is 23.2 Å². The van der Waals surface area contributed by atoms with E-state index in [-0.39, 0.29) is 12.4 Å². The minimum absolute atomic E-state index is 0.201. The van der Waals surface area contributed by atoms with Gasteiger partial charge in [0.2, 0.25) is 0 Å². The molecule has 2 N–H and O–H groups in total. The number of aromatic nitrogens is 2. The third-order valence-electron chi connectivity index (χ3n) is 5.41. The van der Waals surface area contributed by atoms with Crippen LogP contribution in [-0.4, -0.2) is 35.4 Å². The summed E-state index contributed by atoms with van der Waals surface area (Å²) in [7, 11) is 0.